The zero-order valence-corrected chi connectivity index (χ0v) is 13.6. The summed E-state index contributed by atoms with van der Waals surface area (Å²) in [5.41, 5.74) is 7.05. The zero-order chi connectivity index (χ0) is 16.6. The number of rotatable bonds is 4. The highest BCUT2D eigenvalue weighted by molar-refractivity contribution is 8.27. The zero-order valence-electron chi connectivity index (χ0n) is 12.8. The third-order valence-electron chi connectivity index (χ3n) is 3.86. The van der Waals surface area contributed by atoms with Gasteiger partial charge in [0.25, 0.3) is 0 Å². The van der Waals surface area contributed by atoms with Gasteiger partial charge in [-0.05, 0) is 47.7 Å². The van der Waals surface area contributed by atoms with Gasteiger partial charge in [0.15, 0.2) is 0 Å². The van der Waals surface area contributed by atoms with Crippen molar-refractivity contribution in [1.82, 2.24) is 0 Å². The largest absolute Gasteiger partial charge is 0.330 e. The summed E-state index contributed by atoms with van der Waals surface area (Å²) in [6.45, 7) is 2.73. The van der Waals surface area contributed by atoms with E-state index in [9.17, 15) is 13.5 Å². The molecule has 0 aromatic heterocycles. The van der Waals surface area contributed by atoms with E-state index in [0.717, 1.165) is 0 Å². The molecular formula is C16H20FN3O2S. The summed E-state index contributed by atoms with van der Waals surface area (Å²) < 4.78 is 38.7. The summed E-state index contributed by atoms with van der Waals surface area (Å²) in [6.07, 6.45) is 0. The lowest BCUT2D eigenvalue weighted by molar-refractivity contribution is 0.475. The molecule has 0 aliphatic carbocycles. The van der Waals surface area contributed by atoms with E-state index in [4.69, 9.17) is 5.73 Å². The first-order valence-electron chi connectivity index (χ1n) is 7.36. The number of fused-ring (bicyclic) bond motifs is 1. The van der Waals surface area contributed by atoms with Crippen molar-refractivity contribution in [3.8, 4) is 0 Å². The summed E-state index contributed by atoms with van der Waals surface area (Å²) in [5, 5.41) is 0. The van der Waals surface area contributed by atoms with Crippen LogP contribution >= 0.6 is 11.0 Å². The number of nitrogens with two attached hydrogens (primary N) is 1. The van der Waals surface area contributed by atoms with Gasteiger partial charge in [-0.3, -0.25) is 13.4 Å². The summed E-state index contributed by atoms with van der Waals surface area (Å²) in [5.74, 6) is -0.439. The van der Waals surface area contributed by atoms with Crippen molar-refractivity contribution in [3.63, 3.8) is 0 Å². The van der Waals surface area contributed by atoms with Crippen molar-refractivity contribution in [2.45, 2.75) is 6.92 Å². The molecule has 7 heteroatoms. The molecule has 1 heterocycles. The number of hydrogen-bond acceptors (Lipinski definition) is 5. The van der Waals surface area contributed by atoms with E-state index in [0.29, 0.717) is 24.5 Å². The number of para-hydroxylation sites is 3. The Morgan fingerprint density at radius 2 is 1.61 bits per heavy atom. The minimum atomic E-state index is -3.40. The highest BCUT2D eigenvalue weighted by atomic mass is 32.3. The molecule has 0 radical (unpaired) electrons. The molecule has 0 fully saturated rings. The van der Waals surface area contributed by atoms with Crippen LogP contribution in [0.4, 0.5) is 21.5 Å². The summed E-state index contributed by atoms with van der Waals surface area (Å²) >= 11 is 0. The summed E-state index contributed by atoms with van der Waals surface area (Å²) in [4.78, 5) is 0. The first-order chi connectivity index (χ1) is 11.0. The first kappa shape index (κ1) is 16.1. The number of benzene rings is 2. The maximum atomic E-state index is 14.2. The molecule has 2 aromatic carbocycles. The lowest BCUT2D eigenvalue weighted by Crippen LogP contribution is -2.36. The first-order valence-corrected chi connectivity index (χ1v) is 8.82. The second-order valence-electron chi connectivity index (χ2n) is 5.63. The normalized spacial score (nSPS) is 18.7. The average Bonchev–Trinajstić information content (AvgIpc) is 2.75. The van der Waals surface area contributed by atoms with Crippen LogP contribution in [0.3, 0.4) is 0 Å². The topological polar surface area (TPSA) is 73.0 Å². The van der Waals surface area contributed by atoms with Crippen LogP contribution in [-0.2, 0) is 0 Å². The molecule has 4 N–H and O–H groups in total. The fourth-order valence-corrected chi connectivity index (χ4v) is 4.54. The van der Waals surface area contributed by atoms with Crippen molar-refractivity contribution >= 4 is 28.0 Å². The predicted molar refractivity (Wildman–Crippen MR) is 93.4 cm³/mol. The SMILES string of the molecule is C[C@@H](CN)CN1c2ccccc2N(c2ccccc2F)S1(O)O. The highest BCUT2D eigenvalue weighted by Gasteiger charge is 2.42. The molecule has 0 amide bonds. The van der Waals surface area contributed by atoms with Gasteiger partial charge < -0.3 is 5.73 Å². The summed E-state index contributed by atoms with van der Waals surface area (Å²) in [6, 6.07) is 13.2. The van der Waals surface area contributed by atoms with Crippen molar-refractivity contribution in [1.29, 1.82) is 0 Å². The van der Waals surface area contributed by atoms with Gasteiger partial charge in [0.2, 0.25) is 0 Å². The minimum absolute atomic E-state index is 0.0646. The molecule has 1 aliphatic rings. The van der Waals surface area contributed by atoms with Gasteiger partial charge in [0, 0.05) is 6.54 Å². The van der Waals surface area contributed by atoms with Crippen LogP contribution in [0.2, 0.25) is 0 Å². The van der Waals surface area contributed by atoms with Crippen LogP contribution in [0.25, 0.3) is 0 Å². The van der Waals surface area contributed by atoms with Gasteiger partial charge in [-0.15, -0.1) is 0 Å². The van der Waals surface area contributed by atoms with Crippen LogP contribution in [0.15, 0.2) is 48.5 Å². The van der Waals surface area contributed by atoms with Crippen molar-refractivity contribution in [2.75, 3.05) is 21.7 Å². The Morgan fingerprint density at radius 1 is 1.04 bits per heavy atom. The molecule has 23 heavy (non-hydrogen) atoms. The number of hydrogen-bond donors (Lipinski definition) is 3. The van der Waals surface area contributed by atoms with Gasteiger partial charge in [0.1, 0.15) is 11.5 Å². The molecule has 1 atom stereocenters. The Labute approximate surface area is 136 Å². The van der Waals surface area contributed by atoms with Crippen molar-refractivity contribution in [2.24, 2.45) is 11.7 Å². The lowest BCUT2D eigenvalue weighted by atomic mass is 10.1. The lowest BCUT2D eigenvalue weighted by Gasteiger charge is -2.44. The minimum Gasteiger partial charge on any atom is -0.330 e. The van der Waals surface area contributed by atoms with Crippen molar-refractivity contribution < 1.29 is 13.5 Å². The second kappa shape index (κ2) is 6.01. The molecule has 124 valence electrons. The molecule has 0 saturated carbocycles. The number of halogens is 1. The third-order valence-corrected chi connectivity index (χ3v) is 5.68. The van der Waals surface area contributed by atoms with E-state index < -0.39 is 16.8 Å². The van der Waals surface area contributed by atoms with Crippen LogP contribution in [-0.4, -0.2) is 22.2 Å². The molecule has 0 saturated heterocycles. The van der Waals surface area contributed by atoms with Gasteiger partial charge in [-0.25, -0.2) is 8.70 Å². The molecule has 2 aromatic rings. The quantitative estimate of drug-likeness (QED) is 0.787. The molecule has 0 bridgehead atoms. The van der Waals surface area contributed by atoms with Gasteiger partial charge in [-0.1, -0.05) is 31.2 Å². The Morgan fingerprint density at radius 3 is 2.22 bits per heavy atom. The highest BCUT2D eigenvalue weighted by Crippen LogP contribution is 2.64. The van der Waals surface area contributed by atoms with Crippen LogP contribution in [0.5, 0.6) is 0 Å². The monoisotopic (exact) mass is 337 g/mol. The van der Waals surface area contributed by atoms with E-state index >= 15 is 0 Å². The third kappa shape index (κ3) is 2.66. The molecule has 5 nitrogen and oxygen atoms in total. The van der Waals surface area contributed by atoms with Crippen LogP contribution < -0.4 is 14.3 Å². The maximum Gasteiger partial charge on any atom is 0.148 e. The fraction of sp³-hybridized carbons (Fsp3) is 0.250. The maximum absolute atomic E-state index is 14.2. The van der Waals surface area contributed by atoms with Crippen LogP contribution in [0, 0.1) is 11.7 Å². The Kier molecular flexibility index (Phi) is 4.20. The Bertz CT molecular complexity index is 713. The Hall–Kier alpha value is -1.80. The molecular weight excluding hydrogens is 317 g/mol. The van der Waals surface area contributed by atoms with Crippen molar-refractivity contribution in [3.05, 3.63) is 54.3 Å². The molecule has 3 rings (SSSR count). The van der Waals surface area contributed by atoms with E-state index in [1.165, 1.54) is 20.7 Å². The fourth-order valence-electron chi connectivity index (χ4n) is 2.64. The van der Waals surface area contributed by atoms with E-state index in [1.54, 1.807) is 30.3 Å². The molecule has 0 unspecified atom stereocenters. The Balaban J connectivity index is 2.12. The van der Waals surface area contributed by atoms with Gasteiger partial charge in [0.05, 0.1) is 11.4 Å². The summed E-state index contributed by atoms with van der Waals surface area (Å²) in [7, 11) is -3.40. The smallest absolute Gasteiger partial charge is 0.148 e. The number of nitrogens with zero attached hydrogens (tertiary/aromatic N) is 2. The van der Waals surface area contributed by atoms with Gasteiger partial charge in [-0.2, -0.15) is 0 Å². The average molecular weight is 337 g/mol. The predicted octanol–water partition coefficient (Wildman–Crippen LogP) is 3.96. The van der Waals surface area contributed by atoms with E-state index in [-0.39, 0.29) is 11.6 Å². The second-order valence-corrected chi connectivity index (χ2v) is 7.41. The van der Waals surface area contributed by atoms with E-state index in [1.807, 2.05) is 13.0 Å². The van der Waals surface area contributed by atoms with E-state index in [2.05, 4.69) is 0 Å². The van der Waals surface area contributed by atoms with Crippen LogP contribution in [0.1, 0.15) is 6.92 Å². The molecule has 0 spiro atoms. The molecule has 1 aliphatic heterocycles. The number of anilines is 3. The van der Waals surface area contributed by atoms with Gasteiger partial charge >= 0.3 is 0 Å². The standard InChI is InChI=1S/C16H20FN3O2S/c1-12(10-18)11-19-15-8-4-5-9-16(15)20(23(19,21)22)14-7-3-2-6-13(14)17/h2-9,12,21-22H,10-11,18H2,1H3/t12-/m0/s1.